The number of rotatable bonds is 2. The van der Waals surface area contributed by atoms with Gasteiger partial charge in [0.05, 0.1) is 6.54 Å². The van der Waals surface area contributed by atoms with E-state index >= 15 is 0 Å². The summed E-state index contributed by atoms with van der Waals surface area (Å²) in [6.07, 6.45) is 6.49. The molecule has 0 spiro atoms. The second-order valence-corrected chi connectivity index (χ2v) is 6.01. The van der Waals surface area contributed by atoms with E-state index in [-0.39, 0.29) is 0 Å². The van der Waals surface area contributed by atoms with Gasteiger partial charge in [0.2, 0.25) is 5.91 Å². The molecule has 3 aliphatic rings. The molecule has 0 aromatic heterocycles. The number of carbonyl (C=O) groups is 1. The van der Waals surface area contributed by atoms with Crippen LogP contribution in [0, 0.1) is 5.92 Å². The van der Waals surface area contributed by atoms with Crippen molar-refractivity contribution >= 4 is 5.91 Å². The molecule has 2 atom stereocenters. The van der Waals surface area contributed by atoms with Gasteiger partial charge in [-0.25, -0.2) is 0 Å². The molecule has 3 fully saturated rings. The van der Waals surface area contributed by atoms with E-state index < -0.39 is 0 Å². The Bertz CT molecular complexity index is 301. The molecule has 0 aromatic carbocycles. The molecule has 18 heavy (non-hydrogen) atoms. The van der Waals surface area contributed by atoms with Crippen molar-refractivity contribution in [3.63, 3.8) is 0 Å². The van der Waals surface area contributed by atoms with Crippen LogP contribution in [0.3, 0.4) is 0 Å². The molecule has 4 heteroatoms. The Morgan fingerprint density at radius 1 is 1.06 bits per heavy atom. The SMILES string of the molecule is O=C(CN1CCNCC1)N1CCCC2CCCC21. The largest absolute Gasteiger partial charge is 0.338 e. The smallest absolute Gasteiger partial charge is 0.237 e. The highest BCUT2D eigenvalue weighted by molar-refractivity contribution is 5.78. The molecule has 0 aromatic rings. The third kappa shape index (κ3) is 2.54. The van der Waals surface area contributed by atoms with Crippen LogP contribution in [0.25, 0.3) is 0 Å². The van der Waals surface area contributed by atoms with Gasteiger partial charge in [-0.2, -0.15) is 0 Å². The lowest BCUT2D eigenvalue weighted by Crippen LogP contribution is -2.52. The van der Waals surface area contributed by atoms with Crippen molar-refractivity contribution < 1.29 is 4.79 Å². The minimum absolute atomic E-state index is 0.383. The third-order valence-electron chi connectivity index (χ3n) is 4.88. The number of nitrogens with one attached hydrogen (secondary N) is 1. The molecule has 4 nitrogen and oxygen atoms in total. The molecule has 0 radical (unpaired) electrons. The quantitative estimate of drug-likeness (QED) is 0.784. The molecular formula is C14H25N3O. The van der Waals surface area contributed by atoms with Gasteiger partial charge in [-0.1, -0.05) is 6.42 Å². The zero-order chi connectivity index (χ0) is 12.4. The van der Waals surface area contributed by atoms with Crippen LogP contribution >= 0.6 is 0 Å². The number of hydrogen-bond acceptors (Lipinski definition) is 3. The van der Waals surface area contributed by atoms with Crippen LogP contribution in [0.2, 0.25) is 0 Å². The average Bonchev–Trinajstić information content (AvgIpc) is 2.87. The van der Waals surface area contributed by atoms with E-state index in [1.807, 2.05) is 0 Å². The Morgan fingerprint density at radius 3 is 2.67 bits per heavy atom. The summed E-state index contributed by atoms with van der Waals surface area (Å²) in [6, 6.07) is 0.578. The van der Waals surface area contributed by atoms with E-state index in [0.717, 1.165) is 38.6 Å². The van der Waals surface area contributed by atoms with E-state index in [0.29, 0.717) is 18.5 Å². The van der Waals surface area contributed by atoms with Gasteiger partial charge in [0.15, 0.2) is 0 Å². The summed E-state index contributed by atoms with van der Waals surface area (Å²) in [7, 11) is 0. The number of piperidine rings is 1. The topological polar surface area (TPSA) is 35.6 Å². The Morgan fingerprint density at radius 2 is 1.83 bits per heavy atom. The number of hydrogen-bond donors (Lipinski definition) is 1. The molecule has 102 valence electrons. The third-order valence-corrected chi connectivity index (χ3v) is 4.88. The number of nitrogens with zero attached hydrogens (tertiary/aromatic N) is 2. The number of piperazine rings is 1. The van der Waals surface area contributed by atoms with Crippen LogP contribution < -0.4 is 5.32 Å². The number of likely N-dealkylation sites (tertiary alicyclic amines) is 1. The molecule has 2 aliphatic heterocycles. The van der Waals surface area contributed by atoms with Gasteiger partial charge < -0.3 is 10.2 Å². The van der Waals surface area contributed by atoms with Gasteiger partial charge in [0, 0.05) is 38.8 Å². The summed E-state index contributed by atoms with van der Waals surface area (Å²) in [5.74, 6) is 1.19. The van der Waals surface area contributed by atoms with Crippen molar-refractivity contribution in [2.45, 2.75) is 38.1 Å². The fraction of sp³-hybridized carbons (Fsp3) is 0.929. The van der Waals surface area contributed by atoms with E-state index in [9.17, 15) is 4.79 Å². The summed E-state index contributed by atoms with van der Waals surface area (Å²) in [6.45, 7) is 5.75. The van der Waals surface area contributed by atoms with E-state index in [1.54, 1.807) is 0 Å². The van der Waals surface area contributed by atoms with Crippen molar-refractivity contribution in [2.24, 2.45) is 5.92 Å². The normalized spacial score (nSPS) is 33.4. The molecule has 2 saturated heterocycles. The summed E-state index contributed by atoms with van der Waals surface area (Å²) < 4.78 is 0. The average molecular weight is 251 g/mol. The zero-order valence-corrected chi connectivity index (χ0v) is 11.2. The molecule has 1 aliphatic carbocycles. The summed E-state index contributed by atoms with van der Waals surface area (Å²) >= 11 is 0. The molecule has 2 heterocycles. The fourth-order valence-corrected chi connectivity index (χ4v) is 3.91. The molecule has 0 bridgehead atoms. The predicted molar refractivity (Wildman–Crippen MR) is 71.4 cm³/mol. The molecule has 2 unspecified atom stereocenters. The Labute approximate surface area is 110 Å². The lowest BCUT2D eigenvalue weighted by molar-refractivity contribution is -0.137. The van der Waals surface area contributed by atoms with Gasteiger partial charge in [-0.3, -0.25) is 9.69 Å². The van der Waals surface area contributed by atoms with Gasteiger partial charge in [0.25, 0.3) is 0 Å². The summed E-state index contributed by atoms with van der Waals surface area (Å²) in [4.78, 5) is 17.0. The molecule has 1 amide bonds. The standard InChI is InChI=1S/C14H25N3O/c18-14(11-16-9-6-15-7-10-16)17-8-2-4-12-3-1-5-13(12)17/h12-13,15H,1-11H2. The fourth-order valence-electron chi connectivity index (χ4n) is 3.91. The van der Waals surface area contributed by atoms with Crippen molar-refractivity contribution in [3.8, 4) is 0 Å². The second-order valence-electron chi connectivity index (χ2n) is 6.01. The lowest BCUT2D eigenvalue weighted by Gasteiger charge is -2.39. The van der Waals surface area contributed by atoms with Crippen molar-refractivity contribution in [1.29, 1.82) is 0 Å². The number of fused-ring (bicyclic) bond motifs is 1. The van der Waals surface area contributed by atoms with Crippen LogP contribution in [-0.4, -0.2) is 61.0 Å². The maximum Gasteiger partial charge on any atom is 0.237 e. The second kappa shape index (κ2) is 5.57. The summed E-state index contributed by atoms with van der Waals surface area (Å²) in [5.41, 5.74) is 0. The van der Waals surface area contributed by atoms with E-state index in [4.69, 9.17) is 0 Å². The van der Waals surface area contributed by atoms with Gasteiger partial charge in [-0.15, -0.1) is 0 Å². The monoisotopic (exact) mass is 251 g/mol. The maximum atomic E-state index is 12.5. The zero-order valence-electron chi connectivity index (χ0n) is 11.2. The van der Waals surface area contributed by atoms with Gasteiger partial charge in [-0.05, 0) is 31.6 Å². The highest BCUT2D eigenvalue weighted by atomic mass is 16.2. The van der Waals surface area contributed by atoms with Gasteiger partial charge in [0.1, 0.15) is 0 Å². The Hall–Kier alpha value is -0.610. The predicted octanol–water partition coefficient (Wildman–Crippen LogP) is 0.683. The van der Waals surface area contributed by atoms with Crippen molar-refractivity contribution in [2.75, 3.05) is 39.3 Å². The van der Waals surface area contributed by atoms with E-state index in [1.165, 1.54) is 32.1 Å². The first-order valence-corrected chi connectivity index (χ1v) is 7.57. The Balaban J connectivity index is 1.57. The van der Waals surface area contributed by atoms with Gasteiger partial charge >= 0.3 is 0 Å². The summed E-state index contributed by atoms with van der Waals surface area (Å²) in [5, 5.41) is 3.34. The van der Waals surface area contributed by atoms with E-state index in [2.05, 4.69) is 15.1 Å². The highest BCUT2D eigenvalue weighted by Gasteiger charge is 2.37. The van der Waals surface area contributed by atoms with Crippen LogP contribution in [0.15, 0.2) is 0 Å². The Kier molecular flexibility index (Phi) is 3.85. The molecule has 3 rings (SSSR count). The first-order chi connectivity index (χ1) is 8.84. The first-order valence-electron chi connectivity index (χ1n) is 7.57. The van der Waals surface area contributed by atoms with Crippen LogP contribution in [0.4, 0.5) is 0 Å². The van der Waals surface area contributed by atoms with Crippen LogP contribution in [-0.2, 0) is 4.79 Å². The highest BCUT2D eigenvalue weighted by Crippen LogP contribution is 2.36. The molecule has 1 N–H and O–H groups in total. The lowest BCUT2D eigenvalue weighted by atomic mass is 9.92. The van der Waals surface area contributed by atoms with Crippen molar-refractivity contribution in [1.82, 2.24) is 15.1 Å². The number of carbonyl (C=O) groups excluding carboxylic acids is 1. The van der Waals surface area contributed by atoms with Crippen LogP contribution in [0.5, 0.6) is 0 Å². The first kappa shape index (κ1) is 12.4. The minimum atomic E-state index is 0.383. The molecule has 1 saturated carbocycles. The number of amides is 1. The van der Waals surface area contributed by atoms with Crippen LogP contribution in [0.1, 0.15) is 32.1 Å². The van der Waals surface area contributed by atoms with Crippen molar-refractivity contribution in [3.05, 3.63) is 0 Å². The molecular weight excluding hydrogens is 226 g/mol. The maximum absolute atomic E-state index is 12.5. The minimum Gasteiger partial charge on any atom is -0.338 e.